The molecular formula is C22H16O2. The highest BCUT2D eigenvalue weighted by Gasteiger charge is 2.08. The third-order valence-corrected chi connectivity index (χ3v) is 4.05. The summed E-state index contributed by atoms with van der Waals surface area (Å²) in [4.78, 5) is 0. The van der Waals surface area contributed by atoms with Gasteiger partial charge in [-0.25, -0.2) is 0 Å². The van der Waals surface area contributed by atoms with Gasteiger partial charge in [-0.2, -0.15) is 0 Å². The Morgan fingerprint density at radius 2 is 1.25 bits per heavy atom. The molecule has 4 rings (SSSR count). The van der Waals surface area contributed by atoms with Crippen molar-refractivity contribution in [3.05, 3.63) is 91.0 Å². The maximum atomic E-state index is 10.4. The van der Waals surface area contributed by atoms with Crippen LogP contribution < -0.4 is 4.74 Å². The van der Waals surface area contributed by atoms with E-state index in [0.29, 0.717) is 11.5 Å². The van der Waals surface area contributed by atoms with E-state index < -0.39 is 0 Å². The lowest BCUT2D eigenvalue weighted by atomic mass is 10.1. The zero-order valence-electron chi connectivity index (χ0n) is 13.0. The van der Waals surface area contributed by atoms with Gasteiger partial charge in [0.05, 0.1) is 0 Å². The molecule has 2 nitrogen and oxygen atoms in total. The normalized spacial score (nSPS) is 10.7. The zero-order chi connectivity index (χ0) is 16.4. The van der Waals surface area contributed by atoms with Gasteiger partial charge in [0.1, 0.15) is 5.75 Å². The predicted molar refractivity (Wildman–Crippen MR) is 97.6 cm³/mol. The van der Waals surface area contributed by atoms with Crippen molar-refractivity contribution in [3.63, 3.8) is 0 Å². The number of rotatable bonds is 3. The second-order valence-electron chi connectivity index (χ2n) is 5.63. The van der Waals surface area contributed by atoms with E-state index in [9.17, 15) is 5.11 Å². The summed E-state index contributed by atoms with van der Waals surface area (Å²) in [7, 11) is 0. The average molecular weight is 312 g/mol. The molecule has 0 fully saturated rings. The third-order valence-electron chi connectivity index (χ3n) is 4.05. The first-order valence-corrected chi connectivity index (χ1v) is 7.85. The molecule has 116 valence electrons. The molecule has 0 aliphatic carbocycles. The van der Waals surface area contributed by atoms with Crippen molar-refractivity contribution in [1.82, 2.24) is 0 Å². The molecule has 2 heteroatoms. The molecule has 0 bridgehead atoms. The maximum Gasteiger partial charge on any atom is 0.169 e. The fourth-order valence-corrected chi connectivity index (χ4v) is 2.79. The molecular weight excluding hydrogens is 296 g/mol. The van der Waals surface area contributed by atoms with E-state index in [4.69, 9.17) is 4.74 Å². The first-order valence-electron chi connectivity index (χ1n) is 7.85. The maximum absolute atomic E-state index is 10.4. The number of aromatic hydroxyl groups is 1. The topological polar surface area (TPSA) is 29.5 Å². The van der Waals surface area contributed by atoms with Crippen LogP contribution in [0.5, 0.6) is 17.2 Å². The van der Waals surface area contributed by atoms with Crippen LogP contribution in [0.1, 0.15) is 0 Å². The van der Waals surface area contributed by atoms with Crippen LogP contribution in [0.25, 0.3) is 21.9 Å². The Balaban J connectivity index is 1.63. The van der Waals surface area contributed by atoms with Crippen LogP contribution in [0.2, 0.25) is 0 Å². The van der Waals surface area contributed by atoms with Crippen LogP contribution in [0, 0.1) is 0 Å². The Morgan fingerprint density at radius 1 is 0.583 bits per heavy atom. The molecule has 0 saturated carbocycles. The number of hydrogen-bond donors (Lipinski definition) is 1. The molecule has 0 radical (unpaired) electrons. The highest BCUT2D eigenvalue weighted by molar-refractivity contribution is 5.90. The van der Waals surface area contributed by atoms with Gasteiger partial charge >= 0.3 is 0 Å². The quantitative estimate of drug-likeness (QED) is 0.502. The van der Waals surface area contributed by atoms with Crippen molar-refractivity contribution < 1.29 is 9.84 Å². The van der Waals surface area contributed by atoms with Crippen molar-refractivity contribution in [1.29, 1.82) is 0 Å². The fraction of sp³-hybridized carbons (Fsp3) is 0. The lowest BCUT2D eigenvalue weighted by Crippen LogP contribution is -1.86. The Kier molecular flexibility index (Phi) is 3.64. The van der Waals surface area contributed by atoms with Crippen molar-refractivity contribution >= 4 is 10.8 Å². The third kappa shape index (κ3) is 2.70. The Bertz CT molecular complexity index is 974. The number of ether oxygens (including phenoxy) is 1. The number of fused-ring (bicyclic) bond motifs is 1. The van der Waals surface area contributed by atoms with Gasteiger partial charge in [0.2, 0.25) is 0 Å². The van der Waals surface area contributed by atoms with Crippen LogP contribution in [-0.4, -0.2) is 5.11 Å². The van der Waals surface area contributed by atoms with Crippen LogP contribution in [0.3, 0.4) is 0 Å². The van der Waals surface area contributed by atoms with Crippen molar-refractivity contribution in [2.75, 3.05) is 0 Å². The Labute approximate surface area is 140 Å². The summed E-state index contributed by atoms with van der Waals surface area (Å²) < 4.78 is 5.86. The SMILES string of the molecule is Oc1c(Oc2ccc(-c3ccccc3)cc2)ccc2ccccc12. The second-order valence-corrected chi connectivity index (χ2v) is 5.63. The minimum atomic E-state index is 0.167. The predicted octanol–water partition coefficient (Wildman–Crippen LogP) is 6.00. The molecule has 0 aliphatic rings. The molecule has 0 amide bonds. The summed E-state index contributed by atoms with van der Waals surface area (Å²) in [5.41, 5.74) is 2.29. The van der Waals surface area contributed by atoms with Gasteiger partial charge in [-0.15, -0.1) is 0 Å². The summed E-state index contributed by atoms with van der Waals surface area (Å²) in [6.07, 6.45) is 0. The van der Waals surface area contributed by atoms with Gasteiger partial charge in [0.15, 0.2) is 11.5 Å². The van der Waals surface area contributed by atoms with Crippen LogP contribution in [-0.2, 0) is 0 Å². The Hall–Kier alpha value is -3.26. The highest BCUT2D eigenvalue weighted by Crippen LogP contribution is 2.37. The second kappa shape index (κ2) is 6.09. The number of hydrogen-bond acceptors (Lipinski definition) is 2. The van der Waals surface area contributed by atoms with Gasteiger partial charge < -0.3 is 9.84 Å². The number of phenolic OH excluding ortho intramolecular Hbond substituents is 1. The summed E-state index contributed by atoms with van der Waals surface area (Å²) in [6.45, 7) is 0. The summed E-state index contributed by atoms with van der Waals surface area (Å²) in [5.74, 6) is 1.32. The fourth-order valence-electron chi connectivity index (χ4n) is 2.79. The van der Waals surface area contributed by atoms with Gasteiger partial charge in [-0.05, 0) is 34.7 Å². The lowest BCUT2D eigenvalue weighted by molar-refractivity contribution is 0.416. The lowest BCUT2D eigenvalue weighted by Gasteiger charge is -2.10. The van der Waals surface area contributed by atoms with E-state index in [0.717, 1.165) is 21.9 Å². The minimum absolute atomic E-state index is 0.167. The summed E-state index contributed by atoms with van der Waals surface area (Å²) in [6, 6.07) is 29.5. The molecule has 0 unspecified atom stereocenters. The molecule has 0 saturated heterocycles. The summed E-state index contributed by atoms with van der Waals surface area (Å²) >= 11 is 0. The standard InChI is InChI=1S/C22H16O2/c23-22-20-9-5-4-8-18(20)12-15-21(22)24-19-13-10-17(11-14-19)16-6-2-1-3-7-16/h1-15,23H. The molecule has 1 N–H and O–H groups in total. The molecule has 0 aliphatic heterocycles. The highest BCUT2D eigenvalue weighted by atomic mass is 16.5. The van der Waals surface area contributed by atoms with E-state index in [1.165, 1.54) is 0 Å². The number of phenols is 1. The van der Waals surface area contributed by atoms with Crippen LogP contribution >= 0.6 is 0 Å². The largest absolute Gasteiger partial charge is 0.504 e. The van der Waals surface area contributed by atoms with E-state index in [2.05, 4.69) is 12.1 Å². The Morgan fingerprint density at radius 3 is 2.04 bits per heavy atom. The van der Waals surface area contributed by atoms with Gasteiger partial charge in [0.25, 0.3) is 0 Å². The van der Waals surface area contributed by atoms with E-state index in [-0.39, 0.29) is 5.75 Å². The van der Waals surface area contributed by atoms with E-state index >= 15 is 0 Å². The molecule has 4 aromatic rings. The summed E-state index contributed by atoms with van der Waals surface area (Å²) in [5, 5.41) is 12.2. The molecule has 0 heterocycles. The van der Waals surface area contributed by atoms with Crippen LogP contribution in [0.15, 0.2) is 91.0 Å². The molecule has 4 aromatic carbocycles. The van der Waals surface area contributed by atoms with Gasteiger partial charge in [-0.3, -0.25) is 0 Å². The zero-order valence-corrected chi connectivity index (χ0v) is 13.0. The molecule has 0 atom stereocenters. The molecule has 0 spiro atoms. The van der Waals surface area contributed by atoms with E-state index in [1.54, 1.807) is 6.07 Å². The minimum Gasteiger partial charge on any atom is -0.504 e. The van der Waals surface area contributed by atoms with Gasteiger partial charge in [-0.1, -0.05) is 72.8 Å². The van der Waals surface area contributed by atoms with Crippen molar-refractivity contribution in [2.24, 2.45) is 0 Å². The average Bonchev–Trinajstić information content (AvgIpc) is 2.66. The smallest absolute Gasteiger partial charge is 0.169 e. The molecule has 0 aromatic heterocycles. The first kappa shape index (κ1) is 14.3. The first-order chi connectivity index (χ1) is 11.8. The van der Waals surface area contributed by atoms with Crippen molar-refractivity contribution in [3.8, 4) is 28.4 Å². The monoisotopic (exact) mass is 312 g/mol. The van der Waals surface area contributed by atoms with E-state index in [1.807, 2.05) is 72.8 Å². The van der Waals surface area contributed by atoms with Gasteiger partial charge in [0, 0.05) is 5.39 Å². The number of benzene rings is 4. The molecule has 24 heavy (non-hydrogen) atoms. The van der Waals surface area contributed by atoms with Crippen LogP contribution in [0.4, 0.5) is 0 Å². The van der Waals surface area contributed by atoms with Crippen molar-refractivity contribution in [2.45, 2.75) is 0 Å².